The van der Waals surface area contributed by atoms with Crippen LogP contribution < -0.4 is 18.7 Å². The molecule has 3 rings (SSSR count). The molecule has 0 saturated heterocycles. The second-order valence-electron chi connectivity index (χ2n) is 11.6. The number of nitro benzene ring substituents is 1. The number of imide groups is 1. The van der Waals surface area contributed by atoms with E-state index in [1.165, 1.54) is 62.9 Å². The first-order valence-corrected chi connectivity index (χ1v) is 15.0. The highest BCUT2D eigenvalue weighted by atomic mass is 32.2. The molecule has 1 heterocycles. The van der Waals surface area contributed by atoms with Gasteiger partial charge in [-0.25, -0.2) is 23.0 Å². The number of anilines is 2. The van der Waals surface area contributed by atoms with Crippen molar-refractivity contribution < 1.29 is 41.9 Å². The minimum absolute atomic E-state index is 0.0836. The smallest absolute Gasteiger partial charge is 0.425 e. The van der Waals surface area contributed by atoms with Gasteiger partial charge >= 0.3 is 12.2 Å². The van der Waals surface area contributed by atoms with E-state index in [1.807, 2.05) is 0 Å². The van der Waals surface area contributed by atoms with Gasteiger partial charge in [-0.3, -0.25) is 14.4 Å². The molecule has 2 amide bonds. The van der Waals surface area contributed by atoms with E-state index in [-0.39, 0.29) is 22.8 Å². The number of amides is 2. The molecule has 0 unspecified atom stereocenters. The van der Waals surface area contributed by atoms with E-state index in [0.29, 0.717) is 10.6 Å². The Morgan fingerprint density at radius 2 is 1.44 bits per heavy atom. The predicted octanol–water partition coefficient (Wildman–Crippen LogP) is 6.08. The van der Waals surface area contributed by atoms with E-state index in [4.69, 9.17) is 18.9 Å². The Bertz CT molecular complexity index is 1650. The number of aromatic nitrogens is 1. The molecule has 1 aromatic heterocycles. The van der Waals surface area contributed by atoms with E-state index in [0.717, 1.165) is 16.4 Å². The van der Waals surface area contributed by atoms with Crippen molar-refractivity contribution in [2.75, 3.05) is 23.4 Å². The molecule has 45 heavy (non-hydrogen) atoms. The van der Waals surface area contributed by atoms with Crippen LogP contribution in [-0.2, 0) is 26.0 Å². The van der Waals surface area contributed by atoms with Crippen LogP contribution in [0.2, 0.25) is 0 Å². The number of sulfonamides is 1. The van der Waals surface area contributed by atoms with Crippen LogP contribution in [0.4, 0.5) is 26.8 Å². The number of carbonyl (C=O) groups excluding carboxylic acids is 2. The first-order valence-electron chi connectivity index (χ1n) is 13.6. The van der Waals surface area contributed by atoms with Crippen molar-refractivity contribution in [3.05, 3.63) is 76.5 Å². The van der Waals surface area contributed by atoms with Crippen molar-refractivity contribution in [3.63, 3.8) is 0 Å². The molecule has 0 saturated carbocycles. The Morgan fingerprint density at radius 3 is 1.98 bits per heavy atom. The molecule has 2 aromatic carbocycles. The number of rotatable bonds is 9. The summed E-state index contributed by atoms with van der Waals surface area (Å²) in [6.45, 7) is 9.32. The second-order valence-corrected chi connectivity index (χ2v) is 13.4. The number of para-hydroxylation sites is 1. The van der Waals surface area contributed by atoms with Gasteiger partial charge in [0.25, 0.3) is 15.7 Å². The van der Waals surface area contributed by atoms with Crippen LogP contribution in [0.15, 0.2) is 65.7 Å². The summed E-state index contributed by atoms with van der Waals surface area (Å²) in [4.78, 5) is 41.6. The average Bonchev–Trinajstić information content (AvgIpc) is 2.93. The van der Waals surface area contributed by atoms with Gasteiger partial charge in [0.1, 0.15) is 17.0 Å². The van der Waals surface area contributed by atoms with Gasteiger partial charge in [-0.1, -0.05) is 12.1 Å². The summed E-state index contributed by atoms with van der Waals surface area (Å²) in [6.07, 6.45) is -0.854. The van der Waals surface area contributed by atoms with Crippen molar-refractivity contribution in [1.82, 2.24) is 4.98 Å². The van der Waals surface area contributed by atoms with Gasteiger partial charge in [0.2, 0.25) is 0 Å². The van der Waals surface area contributed by atoms with Crippen molar-refractivity contribution >= 4 is 39.4 Å². The lowest BCUT2D eigenvalue weighted by atomic mass is 10.2. The molecule has 3 aromatic rings. The Hall–Kier alpha value is -4.92. The fourth-order valence-corrected chi connectivity index (χ4v) is 5.57. The first-order chi connectivity index (χ1) is 20.9. The van der Waals surface area contributed by atoms with Crippen LogP contribution >= 0.6 is 0 Å². The minimum Gasteiger partial charge on any atom is -0.493 e. The van der Waals surface area contributed by atoms with Gasteiger partial charge in [-0.15, -0.1) is 0 Å². The topological polar surface area (TPSA) is 168 Å². The van der Waals surface area contributed by atoms with Crippen molar-refractivity contribution in [1.29, 1.82) is 0 Å². The summed E-state index contributed by atoms with van der Waals surface area (Å²) in [5.74, 6) is 0.321. The second kappa shape index (κ2) is 13.4. The number of hydrogen-bond donors (Lipinski definition) is 0. The maximum absolute atomic E-state index is 14.1. The van der Waals surface area contributed by atoms with Crippen molar-refractivity contribution in [3.8, 4) is 11.5 Å². The number of carbonyl (C=O) groups is 2. The van der Waals surface area contributed by atoms with Gasteiger partial charge in [-0.2, -0.15) is 4.90 Å². The number of methoxy groups -OCH3 is 2. The molecule has 0 aliphatic carbocycles. The normalized spacial score (nSPS) is 11.7. The lowest BCUT2D eigenvalue weighted by molar-refractivity contribution is -0.387. The third-order valence-corrected chi connectivity index (χ3v) is 7.62. The van der Waals surface area contributed by atoms with E-state index in [2.05, 4.69) is 4.98 Å². The maximum atomic E-state index is 14.1. The van der Waals surface area contributed by atoms with Crippen LogP contribution in [-0.4, -0.2) is 55.9 Å². The third kappa shape index (κ3) is 8.59. The summed E-state index contributed by atoms with van der Waals surface area (Å²) < 4.78 is 50.7. The van der Waals surface area contributed by atoms with E-state index < -0.39 is 55.5 Å². The summed E-state index contributed by atoms with van der Waals surface area (Å²) >= 11 is 0. The van der Waals surface area contributed by atoms with Gasteiger partial charge in [0.15, 0.2) is 16.4 Å². The van der Waals surface area contributed by atoms with Crippen molar-refractivity contribution in [2.45, 2.75) is 64.2 Å². The molecule has 0 atom stereocenters. The number of nitro groups is 1. The Kier molecular flexibility index (Phi) is 10.3. The molecule has 242 valence electrons. The third-order valence-electron chi connectivity index (χ3n) is 5.80. The fraction of sp³-hybridized carbons (Fsp3) is 0.367. The first kappa shape index (κ1) is 34.6. The summed E-state index contributed by atoms with van der Waals surface area (Å²) in [6, 6.07) is 12.1. The standard InChI is InChI=1S/C30H36N4O10S/c1-29(2,3)43-27(35)33(28(36)44-30(4,5)6)26-17-20(15-16-31-26)19-32(21-13-14-23(41-7)24(18-21)42-8)45(39,40)25-12-10-9-11-22(25)34(37)38/h9-18H,19H2,1-8H3. The van der Waals surface area contributed by atoms with Crippen LogP contribution in [0.1, 0.15) is 47.1 Å². The molecule has 0 spiro atoms. The van der Waals surface area contributed by atoms with Crippen LogP contribution in [0.5, 0.6) is 11.5 Å². The molecule has 0 fully saturated rings. The number of benzene rings is 2. The molecule has 0 aliphatic rings. The lowest BCUT2D eigenvalue weighted by Gasteiger charge is -2.28. The lowest BCUT2D eigenvalue weighted by Crippen LogP contribution is -2.44. The fourth-order valence-electron chi connectivity index (χ4n) is 3.96. The van der Waals surface area contributed by atoms with E-state index in [1.54, 1.807) is 41.5 Å². The van der Waals surface area contributed by atoms with Gasteiger partial charge in [-0.05, 0) is 77.4 Å². The molecule has 0 bridgehead atoms. The Morgan fingerprint density at radius 1 is 0.867 bits per heavy atom. The maximum Gasteiger partial charge on any atom is 0.425 e. The molecule has 0 aliphatic heterocycles. The van der Waals surface area contributed by atoms with Crippen LogP contribution in [0.3, 0.4) is 0 Å². The van der Waals surface area contributed by atoms with Crippen LogP contribution in [0.25, 0.3) is 0 Å². The highest BCUT2D eigenvalue weighted by Crippen LogP contribution is 2.36. The quantitative estimate of drug-likeness (QED) is 0.196. The zero-order valence-electron chi connectivity index (χ0n) is 26.3. The minimum atomic E-state index is -4.61. The summed E-state index contributed by atoms with van der Waals surface area (Å²) in [5, 5.41) is 11.8. The van der Waals surface area contributed by atoms with Gasteiger partial charge in [0, 0.05) is 18.3 Å². The molecule has 15 heteroatoms. The zero-order valence-corrected chi connectivity index (χ0v) is 27.1. The predicted molar refractivity (Wildman–Crippen MR) is 165 cm³/mol. The largest absolute Gasteiger partial charge is 0.493 e. The molecule has 14 nitrogen and oxygen atoms in total. The molecule has 0 N–H and O–H groups in total. The highest BCUT2D eigenvalue weighted by Gasteiger charge is 2.35. The van der Waals surface area contributed by atoms with Gasteiger partial charge in [0.05, 0.1) is 31.4 Å². The van der Waals surface area contributed by atoms with Crippen molar-refractivity contribution in [2.24, 2.45) is 0 Å². The van der Waals surface area contributed by atoms with Crippen LogP contribution in [0, 0.1) is 10.1 Å². The number of ether oxygens (including phenoxy) is 4. The van der Waals surface area contributed by atoms with E-state index in [9.17, 15) is 28.1 Å². The molecular formula is C30H36N4O10S. The Labute approximate surface area is 261 Å². The Balaban J connectivity index is 2.19. The monoisotopic (exact) mass is 644 g/mol. The summed E-state index contributed by atoms with van der Waals surface area (Å²) in [7, 11) is -1.82. The van der Waals surface area contributed by atoms with Gasteiger partial charge < -0.3 is 18.9 Å². The zero-order chi connectivity index (χ0) is 33.7. The van der Waals surface area contributed by atoms with E-state index >= 15 is 0 Å². The summed E-state index contributed by atoms with van der Waals surface area (Å²) in [5.41, 5.74) is -2.23. The SMILES string of the molecule is COc1ccc(N(Cc2ccnc(N(C(=O)OC(C)(C)C)C(=O)OC(C)(C)C)c2)S(=O)(=O)c2ccccc2[N+](=O)[O-])cc1OC. The number of nitrogens with zero attached hydrogens (tertiary/aromatic N) is 4. The number of pyridine rings is 1. The molecular weight excluding hydrogens is 608 g/mol. The molecule has 0 radical (unpaired) electrons. The average molecular weight is 645 g/mol. The number of hydrogen-bond acceptors (Lipinski definition) is 11. The highest BCUT2D eigenvalue weighted by molar-refractivity contribution is 7.93.